The predicted molar refractivity (Wildman–Crippen MR) is 108 cm³/mol. The third-order valence-electron chi connectivity index (χ3n) is 3.90. The van der Waals surface area contributed by atoms with Crippen molar-refractivity contribution in [3.63, 3.8) is 0 Å². The molecule has 0 aromatic heterocycles. The summed E-state index contributed by atoms with van der Waals surface area (Å²) >= 11 is 3.83. The molecule has 0 aliphatic rings. The fourth-order valence-electron chi connectivity index (χ4n) is 2.12. The van der Waals surface area contributed by atoms with E-state index in [1.807, 2.05) is 0 Å². The number of nitrogens with one attached hydrogen (secondary N) is 3. The highest BCUT2D eigenvalue weighted by Gasteiger charge is 2.28. The van der Waals surface area contributed by atoms with Gasteiger partial charge in [-0.1, -0.05) is 0 Å². The van der Waals surface area contributed by atoms with E-state index >= 15 is 0 Å². The van der Waals surface area contributed by atoms with Crippen LogP contribution in [0.3, 0.4) is 0 Å². The molecule has 0 heterocycles. The zero-order chi connectivity index (χ0) is 23.4. The van der Waals surface area contributed by atoms with Gasteiger partial charge >= 0.3 is 5.97 Å². The zero-order valence-electron chi connectivity index (χ0n) is 16.4. The molecule has 5 amide bonds. The molecule has 170 valence electrons. The molecule has 0 fully saturated rings. The van der Waals surface area contributed by atoms with E-state index in [4.69, 9.17) is 22.3 Å². The molecule has 0 bridgehead atoms. The Morgan fingerprint density at radius 1 is 0.833 bits per heavy atom. The quantitative estimate of drug-likeness (QED) is 0.123. The number of aliphatic carboxylic acids is 1. The van der Waals surface area contributed by atoms with Crippen LogP contribution >= 0.6 is 12.6 Å². The van der Waals surface area contributed by atoms with Gasteiger partial charge in [0.2, 0.25) is 29.5 Å². The van der Waals surface area contributed by atoms with E-state index in [0.717, 1.165) is 0 Å². The van der Waals surface area contributed by atoms with Crippen LogP contribution in [0.2, 0.25) is 0 Å². The van der Waals surface area contributed by atoms with E-state index in [1.165, 1.54) is 6.92 Å². The van der Waals surface area contributed by atoms with E-state index < -0.39 is 59.7 Å². The Bertz CT molecular complexity index is 674. The molecule has 0 spiro atoms. The van der Waals surface area contributed by atoms with E-state index in [2.05, 4.69) is 28.6 Å². The monoisotopic (exact) mass is 448 g/mol. The van der Waals surface area contributed by atoms with Gasteiger partial charge in [-0.05, 0) is 19.8 Å². The van der Waals surface area contributed by atoms with Gasteiger partial charge in [-0.3, -0.25) is 24.0 Å². The van der Waals surface area contributed by atoms with Gasteiger partial charge in [-0.15, -0.1) is 0 Å². The fraction of sp³-hybridized carbons (Fsp3) is 0.625. The fourth-order valence-corrected chi connectivity index (χ4v) is 2.37. The van der Waals surface area contributed by atoms with Crippen molar-refractivity contribution < 1.29 is 33.9 Å². The molecule has 0 aromatic rings. The van der Waals surface area contributed by atoms with Crippen molar-refractivity contribution in [3.05, 3.63) is 0 Å². The Hall–Kier alpha value is -2.87. The average molecular weight is 449 g/mol. The smallest absolute Gasteiger partial charge is 0.327 e. The number of rotatable bonds is 14. The molecule has 13 nitrogen and oxygen atoms in total. The summed E-state index contributed by atoms with van der Waals surface area (Å²) in [6.07, 6.45) is -0.569. The van der Waals surface area contributed by atoms with Crippen LogP contribution in [0.1, 0.15) is 32.6 Å². The summed E-state index contributed by atoms with van der Waals surface area (Å²) in [6, 6.07) is -4.79. The van der Waals surface area contributed by atoms with Crippen LogP contribution in [-0.2, 0) is 28.8 Å². The first-order chi connectivity index (χ1) is 13.9. The summed E-state index contributed by atoms with van der Waals surface area (Å²) in [4.78, 5) is 69.5. The third-order valence-corrected chi connectivity index (χ3v) is 4.27. The number of carbonyl (C=O) groups excluding carboxylic acids is 5. The molecule has 10 N–H and O–H groups in total. The highest BCUT2D eigenvalue weighted by Crippen LogP contribution is 2.01. The maximum Gasteiger partial charge on any atom is 0.327 e. The number of primary amides is 2. The number of hydrogen-bond acceptors (Lipinski definition) is 8. The number of carboxylic acid groups (broad SMARTS) is 1. The summed E-state index contributed by atoms with van der Waals surface area (Å²) in [7, 11) is 0. The number of carboxylic acids is 1. The molecule has 0 aliphatic carbocycles. The first-order valence-electron chi connectivity index (χ1n) is 8.96. The van der Waals surface area contributed by atoms with Gasteiger partial charge in [-0.25, -0.2) is 4.79 Å². The lowest BCUT2D eigenvalue weighted by Crippen LogP contribution is -2.56. The van der Waals surface area contributed by atoms with Crippen LogP contribution in [0.15, 0.2) is 0 Å². The van der Waals surface area contributed by atoms with Crippen LogP contribution < -0.4 is 33.2 Å². The lowest BCUT2D eigenvalue weighted by atomic mass is 10.1. The molecule has 0 radical (unpaired) electrons. The lowest BCUT2D eigenvalue weighted by Gasteiger charge is -2.23. The Labute approximate surface area is 178 Å². The van der Waals surface area contributed by atoms with Crippen LogP contribution in [-0.4, -0.2) is 70.5 Å². The van der Waals surface area contributed by atoms with Gasteiger partial charge in [0.05, 0.1) is 6.04 Å². The SMILES string of the molecule is CC(NC(=O)C(N)CCC(N)=O)C(=O)NC(CCC(N)=O)C(=O)NC(CS)C(=O)O. The molecule has 0 aliphatic heterocycles. The molecule has 0 saturated carbocycles. The molecule has 30 heavy (non-hydrogen) atoms. The Morgan fingerprint density at radius 3 is 1.80 bits per heavy atom. The Balaban J connectivity index is 5.02. The summed E-state index contributed by atoms with van der Waals surface area (Å²) in [5.41, 5.74) is 15.7. The normalized spacial score (nSPS) is 14.5. The topological polar surface area (TPSA) is 237 Å². The summed E-state index contributed by atoms with van der Waals surface area (Å²) in [6.45, 7) is 1.32. The number of hydrogen-bond donors (Lipinski definition) is 8. The lowest BCUT2D eigenvalue weighted by molar-refractivity contribution is -0.141. The van der Waals surface area contributed by atoms with Crippen LogP contribution in [0, 0.1) is 0 Å². The second kappa shape index (κ2) is 13.4. The van der Waals surface area contributed by atoms with E-state index in [1.54, 1.807) is 0 Å². The van der Waals surface area contributed by atoms with Crippen LogP contribution in [0.5, 0.6) is 0 Å². The molecule has 0 rings (SSSR count). The van der Waals surface area contributed by atoms with Gasteiger partial charge in [0, 0.05) is 18.6 Å². The molecule has 0 aromatic carbocycles. The van der Waals surface area contributed by atoms with Gasteiger partial charge in [0.1, 0.15) is 18.1 Å². The maximum atomic E-state index is 12.3. The number of nitrogens with two attached hydrogens (primary N) is 3. The largest absolute Gasteiger partial charge is 0.480 e. The van der Waals surface area contributed by atoms with Crippen molar-refractivity contribution in [2.75, 3.05) is 5.75 Å². The predicted octanol–water partition coefficient (Wildman–Crippen LogP) is -3.67. The van der Waals surface area contributed by atoms with Crippen molar-refractivity contribution in [1.29, 1.82) is 0 Å². The minimum absolute atomic E-state index is 0.0144. The molecule has 4 unspecified atom stereocenters. The average Bonchev–Trinajstić information content (AvgIpc) is 2.66. The standard InChI is InChI=1S/C16H28N6O7S/c1-7(20-14(26)8(17)2-4-11(18)23)13(25)21-9(3-5-12(19)24)15(27)22-10(6-30)16(28)29/h7-10,30H,2-6,17H2,1H3,(H2,18,23)(H2,19,24)(H,20,26)(H,21,25)(H,22,27)(H,28,29). The van der Waals surface area contributed by atoms with Crippen molar-refractivity contribution >= 4 is 48.1 Å². The van der Waals surface area contributed by atoms with E-state index in [0.29, 0.717) is 0 Å². The van der Waals surface area contributed by atoms with E-state index in [9.17, 15) is 28.8 Å². The highest BCUT2D eigenvalue weighted by atomic mass is 32.1. The van der Waals surface area contributed by atoms with Gasteiger partial charge in [0.25, 0.3) is 0 Å². The second-order valence-corrected chi connectivity index (χ2v) is 6.86. The summed E-state index contributed by atoms with van der Waals surface area (Å²) < 4.78 is 0. The van der Waals surface area contributed by atoms with Crippen molar-refractivity contribution in [2.24, 2.45) is 17.2 Å². The number of thiol groups is 1. The number of amides is 5. The second-order valence-electron chi connectivity index (χ2n) is 6.49. The van der Waals surface area contributed by atoms with Crippen molar-refractivity contribution in [1.82, 2.24) is 16.0 Å². The van der Waals surface area contributed by atoms with Gasteiger partial charge < -0.3 is 38.3 Å². The first kappa shape index (κ1) is 27.1. The molecular formula is C16H28N6O7S. The zero-order valence-corrected chi connectivity index (χ0v) is 17.3. The summed E-state index contributed by atoms with van der Waals surface area (Å²) in [5, 5.41) is 15.8. The molecule has 0 saturated heterocycles. The van der Waals surface area contributed by atoms with E-state index in [-0.39, 0.29) is 31.4 Å². The molecule has 14 heteroatoms. The summed E-state index contributed by atoms with van der Waals surface area (Å²) in [5.74, 6) is -5.24. The van der Waals surface area contributed by atoms with Crippen molar-refractivity contribution in [3.8, 4) is 0 Å². The molecular weight excluding hydrogens is 420 g/mol. The van der Waals surface area contributed by atoms with Gasteiger partial charge in [-0.2, -0.15) is 12.6 Å². The maximum absolute atomic E-state index is 12.3. The molecule has 4 atom stereocenters. The first-order valence-corrected chi connectivity index (χ1v) is 9.59. The minimum Gasteiger partial charge on any atom is -0.480 e. The Kier molecular flexibility index (Phi) is 12.1. The van der Waals surface area contributed by atoms with Crippen molar-refractivity contribution in [2.45, 2.75) is 56.8 Å². The van der Waals surface area contributed by atoms with Gasteiger partial charge in [0.15, 0.2) is 0 Å². The third kappa shape index (κ3) is 10.6. The number of carbonyl (C=O) groups is 6. The minimum atomic E-state index is -1.33. The highest BCUT2D eigenvalue weighted by molar-refractivity contribution is 7.80. The van der Waals surface area contributed by atoms with Crippen LogP contribution in [0.4, 0.5) is 0 Å². The Morgan fingerprint density at radius 2 is 1.33 bits per heavy atom. The van der Waals surface area contributed by atoms with Crippen LogP contribution in [0.25, 0.3) is 0 Å².